The third kappa shape index (κ3) is 3.43. The first-order valence-corrected chi connectivity index (χ1v) is 4.99. The van der Waals surface area contributed by atoms with Crippen LogP contribution >= 0.6 is 0 Å². The van der Waals surface area contributed by atoms with Gasteiger partial charge in [0.05, 0.1) is 18.8 Å². The summed E-state index contributed by atoms with van der Waals surface area (Å²) >= 11 is 0. The van der Waals surface area contributed by atoms with Crippen molar-refractivity contribution in [2.45, 2.75) is 39.4 Å². The van der Waals surface area contributed by atoms with E-state index >= 15 is 0 Å². The van der Waals surface area contributed by atoms with E-state index in [9.17, 15) is 0 Å². The fraction of sp³-hybridized carbons (Fsp3) is 0.778. The van der Waals surface area contributed by atoms with Crippen LogP contribution in [0, 0.1) is 0 Å². The van der Waals surface area contributed by atoms with Crippen LogP contribution in [0.4, 0.5) is 0 Å². The zero-order valence-electron chi connectivity index (χ0n) is 8.77. The summed E-state index contributed by atoms with van der Waals surface area (Å²) in [7, 11) is 0. The largest absolute Gasteiger partial charge is 0.394 e. The third-order valence-electron chi connectivity index (χ3n) is 2.16. The number of nitrogens with one attached hydrogen (secondary N) is 1. The Balaban J connectivity index is 2.35. The highest BCUT2D eigenvalue weighted by Gasteiger charge is 2.02. The maximum absolute atomic E-state index is 8.68. The summed E-state index contributed by atoms with van der Waals surface area (Å²) in [5, 5.41) is 19.9. The highest BCUT2D eigenvalue weighted by atomic mass is 16.3. The van der Waals surface area contributed by atoms with Crippen LogP contribution < -0.4 is 5.32 Å². The van der Waals surface area contributed by atoms with Gasteiger partial charge in [0.2, 0.25) is 0 Å². The van der Waals surface area contributed by atoms with Gasteiger partial charge >= 0.3 is 0 Å². The predicted molar refractivity (Wildman–Crippen MR) is 53.7 cm³/mol. The Morgan fingerprint density at radius 1 is 1.64 bits per heavy atom. The molecule has 0 aliphatic rings. The summed E-state index contributed by atoms with van der Waals surface area (Å²) in [6, 6.07) is 0.498. The fourth-order valence-electron chi connectivity index (χ4n) is 1.05. The van der Waals surface area contributed by atoms with Gasteiger partial charge in [0.1, 0.15) is 0 Å². The maximum Gasteiger partial charge on any atom is 0.0964 e. The van der Waals surface area contributed by atoms with E-state index in [1.807, 2.05) is 6.20 Å². The van der Waals surface area contributed by atoms with E-state index < -0.39 is 0 Å². The van der Waals surface area contributed by atoms with Gasteiger partial charge in [-0.25, -0.2) is 4.68 Å². The zero-order chi connectivity index (χ0) is 10.4. The van der Waals surface area contributed by atoms with Crippen LogP contribution in [0.25, 0.3) is 0 Å². The van der Waals surface area contributed by atoms with Gasteiger partial charge in [0.15, 0.2) is 0 Å². The van der Waals surface area contributed by atoms with Gasteiger partial charge in [-0.05, 0) is 13.3 Å². The Morgan fingerprint density at radius 3 is 3.07 bits per heavy atom. The first kappa shape index (κ1) is 11.1. The van der Waals surface area contributed by atoms with E-state index in [1.54, 1.807) is 4.68 Å². The lowest BCUT2D eigenvalue weighted by molar-refractivity contribution is 0.268. The standard InChI is InChI=1S/C9H18N4O/c1-3-8(2)10-6-9-7-13(4-5-14)12-11-9/h7-8,10,14H,3-6H2,1-2H3. The van der Waals surface area contributed by atoms with Crippen LogP contribution in [0.1, 0.15) is 26.0 Å². The lowest BCUT2D eigenvalue weighted by Gasteiger charge is -2.08. The second-order valence-corrected chi connectivity index (χ2v) is 3.39. The van der Waals surface area contributed by atoms with Crippen LogP contribution in [0.15, 0.2) is 6.20 Å². The molecular formula is C9H18N4O. The van der Waals surface area contributed by atoms with Crippen molar-refractivity contribution in [2.24, 2.45) is 0 Å². The smallest absolute Gasteiger partial charge is 0.0964 e. The number of nitrogens with zero attached hydrogens (tertiary/aromatic N) is 3. The van der Waals surface area contributed by atoms with Crippen molar-refractivity contribution in [1.29, 1.82) is 0 Å². The minimum atomic E-state index is 0.0988. The van der Waals surface area contributed by atoms with E-state index in [-0.39, 0.29) is 6.61 Å². The normalized spacial score (nSPS) is 13.1. The van der Waals surface area contributed by atoms with Gasteiger partial charge in [-0.15, -0.1) is 5.10 Å². The molecule has 14 heavy (non-hydrogen) atoms. The Hall–Kier alpha value is -0.940. The first-order valence-electron chi connectivity index (χ1n) is 4.99. The number of aromatic nitrogens is 3. The first-order chi connectivity index (χ1) is 6.76. The van der Waals surface area contributed by atoms with Crippen molar-refractivity contribution in [3.8, 4) is 0 Å². The number of hydrogen-bond donors (Lipinski definition) is 2. The van der Waals surface area contributed by atoms with Crippen molar-refractivity contribution in [3.05, 3.63) is 11.9 Å². The van der Waals surface area contributed by atoms with E-state index in [0.29, 0.717) is 12.6 Å². The zero-order valence-corrected chi connectivity index (χ0v) is 8.77. The molecule has 2 N–H and O–H groups in total. The van der Waals surface area contributed by atoms with Crippen LogP contribution in [-0.2, 0) is 13.1 Å². The molecule has 0 aliphatic heterocycles. The van der Waals surface area contributed by atoms with Crippen LogP contribution in [0.3, 0.4) is 0 Å². The molecular weight excluding hydrogens is 180 g/mol. The Kier molecular flexibility index (Phi) is 4.55. The molecule has 0 saturated carbocycles. The van der Waals surface area contributed by atoms with Crippen LogP contribution in [-0.4, -0.2) is 32.7 Å². The second-order valence-electron chi connectivity index (χ2n) is 3.39. The van der Waals surface area contributed by atoms with Gasteiger partial charge in [-0.2, -0.15) is 0 Å². The lowest BCUT2D eigenvalue weighted by atomic mass is 10.2. The molecule has 1 rings (SSSR count). The molecule has 80 valence electrons. The minimum absolute atomic E-state index is 0.0988. The summed E-state index contributed by atoms with van der Waals surface area (Å²) in [5.41, 5.74) is 0.916. The summed E-state index contributed by atoms with van der Waals surface area (Å²) < 4.78 is 1.65. The quantitative estimate of drug-likeness (QED) is 0.683. The summed E-state index contributed by atoms with van der Waals surface area (Å²) in [5.74, 6) is 0. The second kappa shape index (κ2) is 5.72. The number of aliphatic hydroxyl groups excluding tert-OH is 1. The SMILES string of the molecule is CCC(C)NCc1cn(CCO)nn1. The molecule has 0 fully saturated rings. The molecule has 0 aliphatic carbocycles. The molecule has 0 radical (unpaired) electrons. The van der Waals surface area contributed by atoms with Crippen molar-refractivity contribution in [2.75, 3.05) is 6.61 Å². The summed E-state index contributed by atoms with van der Waals surface area (Å²) in [4.78, 5) is 0. The number of aliphatic hydroxyl groups is 1. The van der Waals surface area contributed by atoms with Gasteiger partial charge in [0, 0.05) is 18.8 Å². The monoisotopic (exact) mass is 198 g/mol. The minimum Gasteiger partial charge on any atom is -0.394 e. The molecule has 0 bridgehead atoms. The molecule has 1 atom stereocenters. The van der Waals surface area contributed by atoms with Crippen molar-refractivity contribution in [1.82, 2.24) is 20.3 Å². The van der Waals surface area contributed by atoms with Crippen molar-refractivity contribution < 1.29 is 5.11 Å². The summed E-state index contributed by atoms with van der Waals surface area (Å²) in [6.45, 7) is 5.62. The predicted octanol–water partition coefficient (Wildman–Crippen LogP) is 0.158. The molecule has 1 unspecified atom stereocenters. The molecule has 5 nitrogen and oxygen atoms in total. The van der Waals surface area contributed by atoms with Crippen LogP contribution in [0.2, 0.25) is 0 Å². The van der Waals surface area contributed by atoms with E-state index in [0.717, 1.165) is 18.7 Å². The topological polar surface area (TPSA) is 63.0 Å². The summed E-state index contributed by atoms with van der Waals surface area (Å²) in [6.07, 6.45) is 2.95. The van der Waals surface area contributed by atoms with Gasteiger partial charge in [-0.1, -0.05) is 12.1 Å². The number of rotatable bonds is 6. The highest BCUT2D eigenvalue weighted by molar-refractivity contribution is 4.91. The average molecular weight is 198 g/mol. The molecule has 1 aromatic rings. The Labute approximate surface area is 84.1 Å². The fourth-order valence-corrected chi connectivity index (χ4v) is 1.05. The van der Waals surface area contributed by atoms with Gasteiger partial charge in [0.25, 0.3) is 0 Å². The Bertz CT molecular complexity index is 261. The lowest BCUT2D eigenvalue weighted by Crippen LogP contribution is -2.24. The number of hydrogen-bond acceptors (Lipinski definition) is 4. The molecule has 1 aromatic heterocycles. The molecule has 1 heterocycles. The van der Waals surface area contributed by atoms with Gasteiger partial charge < -0.3 is 10.4 Å². The van der Waals surface area contributed by atoms with Crippen molar-refractivity contribution >= 4 is 0 Å². The molecule has 0 amide bonds. The van der Waals surface area contributed by atoms with E-state index in [2.05, 4.69) is 29.5 Å². The molecule has 0 saturated heterocycles. The Morgan fingerprint density at radius 2 is 2.43 bits per heavy atom. The average Bonchev–Trinajstić information content (AvgIpc) is 2.63. The maximum atomic E-state index is 8.68. The van der Waals surface area contributed by atoms with Crippen molar-refractivity contribution in [3.63, 3.8) is 0 Å². The van der Waals surface area contributed by atoms with Crippen LogP contribution in [0.5, 0.6) is 0 Å². The molecule has 0 spiro atoms. The van der Waals surface area contributed by atoms with E-state index in [4.69, 9.17) is 5.11 Å². The molecule has 5 heteroatoms. The molecule has 0 aromatic carbocycles. The third-order valence-corrected chi connectivity index (χ3v) is 2.16. The van der Waals surface area contributed by atoms with E-state index in [1.165, 1.54) is 0 Å². The highest BCUT2D eigenvalue weighted by Crippen LogP contribution is 1.95. The van der Waals surface area contributed by atoms with Gasteiger partial charge in [-0.3, -0.25) is 0 Å².